The predicted molar refractivity (Wildman–Crippen MR) is 133 cm³/mol. The minimum atomic E-state index is -4.35. The average Bonchev–Trinajstić information content (AvgIpc) is 2.78. The maximum Gasteiger partial charge on any atom is 0.291 e. The number of carbonyl (C=O) groups excluding carboxylic acids is 1. The van der Waals surface area contributed by atoms with E-state index in [2.05, 4.69) is 10.3 Å². The minimum Gasteiger partial charge on any atom is -0.273 e. The van der Waals surface area contributed by atoms with Gasteiger partial charge in [0, 0.05) is 6.42 Å². The first kappa shape index (κ1) is 23.9. The smallest absolute Gasteiger partial charge is 0.273 e. The van der Waals surface area contributed by atoms with Gasteiger partial charge in [-0.25, -0.2) is 8.51 Å². The fourth-order valence-electron chi connectivity index (χ4n) is 3.93. The van der Waals surface area contributed by atoms with E-state index in [1.54, 1.807) is 36.4 Å². The first-order valence-corrected chi connectivity index (χ1v) is 13.7. The highest BCUT2D eigenvalue weighted by atomic mass is 32.3. The molecular formula is C26H26N2O4S2. The van der Waals surface area contributed by atoms with Crippen molar-refractivity contribution in [2.75, 3.05) is 0 Å². The standard InChI is InChI=1S/C26H26N2O4S2/c1-4-7-26(29)28(25-18-21-8-5-6-9-24(21)25)33(30,22-14-10-19(2)11-15-22)27-34(31,32)23-16-12-20(3)13-17-23/h4-6,8-17,25H,1,7,18H2,2-3H3/t25-,33?/m1/s1. The van der Waals surface area contributed by atoms with Gasteiger partial charge in [-0.2, -0.15) is 8.42 Å². The summed E-state index contributed by atoms with van der Waals surface area (Å²) >= 11 is 0. The molecule has 0 spiro atoms. The molecule has 0 bridgehead atoms. The van der Waals surface area contributed by atoms with Crippen LogP contribution in [0.3, 0.4) is 0 Å². The Labute approximate surface area is 201 Å². The molecule has 1 unspecified atom stereocenters. The van der Waals surface area contributed by atoms with Gasteiger partial charge < -0.3 is 0 Å². The summed E-state index contributed by atoms with van der Waals surface area (Å²) in [6.45, 7) is 7.35. The molecular weight excluding hydrogens is 468 g/mol. The number of nitrogens with zero attached hydrogens (tertiary/aromatic N) is 2. The summed E-state index contributed by atoms with van der Waals surface area (Å²) in [6, 6.07) is 19.7. The zero-order chi connectivity index (χ0) is 24.5. The molecule has 0 saturated heterocycles. The van der Waals surface area contributed by atoms with Crippen LogP contribution in [0.2, 0.25) is 0 Å². The number of fused-ring (bicyclic) bond motifs is 1. The molecule has 176 valence electrons. The van der Waals surface area contributed by atoms with Crippen LogP contribution in [0.25, 0.3) is 0 Å². The largest absolute Gasteiger partial charge is 0.291 e. The Morgan fingerprint density at radius 1 is 0.941 bits per heavy atom. The van der Waals surface area contributed by atoms with Crippen LogP contribution in [-0.2, 0) is 31.2 Å². The lowest BCUT2D eigenvalue weighted by Gasteiger charge is -2.40. The van der Waals surface area contributed by atoms with Crippen LogP contribution in [0.1, 0.15) is 34.7 Å². The second kappa shape index (κ2) is 9.19. The number of hydrogen-bond donors (Lipinski definition) is 0. The normalized spacial score (nSPS) is 16.5. The first-order valence-electron chi connectivity index (χ1n) is 10.8. The van der Waals surface area contributed by atoms with Gasteiger partial charge in [-0.3, -0.25) is 4.79 Å². The third-order valence-corrected chi connectivity index (χ3v) is 10.1. The number of benzene rings is 3. The summed E-state index contributed by atoms with van der Waals surface area (Å²) in [5.74, 6) is -0.497. The van der Waals surface area contributed by atoms with Crippen LogP contribution in [0, 0.1) is 13.8 Å². The van der Waals surface area contributed by atoms with E-state index in [0.29, 0.717) is 6.42 Å². The Hall–Kier alpha value is -3.23. The second-order valence-corrected chi connectivity index (χ2v) is 12.2. The molecule has 1 amide bonds. The molecule has 4 rings (SSSR count). The van der Waals surface area contributed by atoms with Crippen molar-refractivity contribution in [3.8, 4) is 0 Å². The Kier molecular flexibility index (Phi) is 6.47. The number of sulfonamides is 1. The summed E-state index contributed by atoms with van der Waals surface area (Å²) in [5.41, 5.74) is 3.65. The summed E-state index contributed by atoms with van der Waals surface area (Å²) in [7, 11) is -8.24. The molecule has 0 aromatic heterocycles. The fraction of sp³-hybridized carbons (Fsp3) is 0.192. The highest BCUT2D eigenvalue weighted by Gasteiger charge is 2.41. The number of hydrogen-bond acceptors (Lipinski definition) is 4. The number of carbonyl (C=O) groups is 1. The van der Waals surface area contributed by atoms with Crippen molar-refractivity contribution < 1.29 is 17.4 Å². The molecule has 3 aromatic carbocycles. The Bertz CT molecular complexity index is 1470. The van der Waals surface area contributed by atoms with E-state index in [9.17, 15) is 17.4 Å². The maximum absolute atomic E-state index is 14.7. The van der Waals surface area contributed by atoms with E-state index >= 15 is 0 Å². The van der Waals surface area contributed by atoms with E-state index < -0.39 is 31.9 Å². The van der Waals surface area contributed by atoms with Gasteiger partial charge in [0.2, 0.25) is 5.91 Å². The highest BCUT2D eigenvalue weighted by molar-refractivity contribution is 8.02. The Balaban J connectivity index is 1.97. The van der Waals surface area contributed by atoms with Crippen LogP contribution in [-0.4, -0.2) is 22.8 Å². The SMILES string of the molecule is C=CCC(=O)N([C@@H]1Cc2ccccc21)S(=O)(=NS(=O)(=O)c1ccc(C)cc1)c1ccc(C)cc1. The van der Waals surface area contributed by atoms with Crippen molar-refractivity contribution in [3.63, 3.8) is 0 Å². The van der Waals surface area contributed by atoms with Crippen molar-refractivity contribution in [2.45, 2.75) is 42.5 Å². The monoisotopic (exact) mass is 494 g/mol. The molecule has 34 heavy (non-hydrogen) atoms. The maximum atomic E-state index is 14.7. The van der Waals surface area contributed by atoms with Gasteiger partial charge >= 0.3 is 0 Å². The van der Waals surface area contributed by atoms with Crippen LogP contribution >= 0.6 is 0 Å². The quantitative estimate of drug-likeness (QED) is 0.426. The van der Waals surface area contributed by atoms with E-state index in [1.165, 1.54) is 18.2 Å². The van der Waals surface area contributed by atoms with Crippen LogP contribution < -0.4 is 0 Å². The van der Waals surface area contributed by atoms with Crippen molar-refractivity contribution in [1.82, 2.24) is 4.31 Å². The topological polar surface area (TPSA) is 83.9 Å². The van der Waals surface area contributed by atoms with Crippen LogP contribution in [0.4, 0.5) is 0 Å². The fourth-order valence-corrected chi connectivity index (χ4v) is 8.05. The van der Waals surface area contributed by atoms with Crippen molar-refractivity contribution in [3.05, 3.63) is 108 Å². The minimum absolute atomic E-state index is 0.0805. The molecule has 3 aromatic rings. The summed E-state index contributed by atoms with van der Waals surface area (Å²) in [6.07, 6.45) is 1.78. The third-order valence-electron chi connectivity index (χ3n) is 5.79. The van der Waals surface area contributed by atoms with E-state index in [-0.39, 0.29) is 16.2 Å². The lowest BCUT2D eigenvalue weighted by atomic mass is 9.83. The van der Waals surface area contributed by atoms with Gasteiger partial charge in [0.05, 0.1) is 15.8 Å². The Morgan fingerprint density at radius 3 is 2.06 bits per heavy atom. The van der Waals surface area contributed by atoms with Gasteiger partial charge in [-0.1, -0.05) is 69.5 Å². The van der Waals surface area contributed by atoms with E-state index in [4.69, 9.17) is 0 Å². The van der Waals surface area contributed by atoms with E-state index in [1.807, 2.05) is 38.1 Å². The zero-order valence-corrected chi connectivity index (χ0v) is 20.7. The van der Waals surface area contributed by atoms with E-state index in [0.717, 1.165) is 26.6 Å². The van der Waals surface area contributed by atoms with Crippen molar-refractivity contribution in [2.24, 2.45) is 3.77 Å². The molecule has 0 radical (unpaired) electrons. The predicted octanol–water partition coefficient (Wildman–Crippen LogP) is 5.14. The van der Waals surface area contributed by atoms with Gasteiger partial charge in [0.1, 0.15) is 0 Å². The highest BCUT2D eigenvalue weighted by Crippen LogP contribution is 2.42. The number of rotatable bonds is 7. The van der Waals surface area contributed by atoms with Crippen LogP contribution in [0.5, 0.6) is 0 Å². The molecule has 8 heteroatoms. The molecule has 0 saturated carbocycles. The van der Waals surface area contributed by atoms with Gasteiger partial charge in [0.25, 0.3) is 10.0 Å². The zero-order valence-electron chi connectivity index (χ0n) is 19.0. The number of amides is 1. The molecule has 1 aliphatic carbocycles. The van der Waals surface area contributed by atoms with Gasteiger partial charge in [-0.15, -0.1) is 6.58 Å². The number of aryl methyl sites for hydroxylation is 2. The third kappa shape index (κ3) is 4.43. The van der Waals surface area contributed by atoms with Gasteiger partial charge in [-0.05, 0) is 55.7 Å². The molecule has 1 aliphatic rings. The molecule has 0 heterocycles. The van der Waals surface area contributed by atoms with Gasteiger partial charge in [0.15, 0.2) is 9.92 Å². The molecule has 0 N–H and O–H groups in total. The first-order chi connectivity index (χ1) is 16.2. The molecule has 0 fully saturated rings. The average molecular weight is 495 g/mol. The molecule has 2 atom stereocenters. The van der Waals surface area contributed by atoms with Crippen LogP contribution in [0.15, 0.2) is 99.0 Å². The lowest BCUT2D eigenvalue weighted by Crippen LogP contribution is -2.44. The summed E-state index contributed by atoms with van der Waals surface area (Å²) in [4.78, 5) is 13.4. The Morgan fingerprint density at radius 2 is 1.50 bits per heavy atom. The summed E-state index contributed by atoms with van der Waals surface area (Å²) in [5, 5.41) is 0. The van der Waals surface area contributed by atoms with Crippen molar-refractivity contribution >= 4 is 25.8 Å². The summed E-state index contributed by atoms with van der Waals surface area (Å²) < 4.78 is 46.6. The lowest BCUT2D eigenvalue weighted by molar-refractivity contribution is -0.127. The second-order valence-electron chi connectivity index (χ2n) is 8.30. The van der Waals surface area contributed by atoms with Crippen molar-refractivity contribution in [1.29, 1.82) is 0 Å². The molecule has 6 nitrogen and oxygen atoms in total. The molecule has 0 aliphatic heterocycles.